The number of piperazine rings is 1. The van der Waals surface area contributed by atoms with Gasteiger partial charge in [0.05, 0.1) is 13.3 Å². The number of para-hydroxylation sites is 1. The molecular formula is C18H24N4O2. The molecule has 128 valence electrons. The first-order chi connectivity index (χ1) is 11.6. The van der Waals surface area contributed by atoms with Gasteiger partial charge in [0, 0.05) is 43.5 Å². The van der Waals surface area contributed by atoms with Crippen LogP contribution in [0.2, 0.25) is 0 Å². The molecule has 0 unspecified atom stereocenters. The van der Waals surface area contributed by atoms with Gasteiger partial charge in [-0.05, 0) is 25.5 Å². The number of nitrogens with one attached hydrogen (secondary N) is 1. The number of carbonyl (C=O) groups is 1. The van der Waals surface area contributed by atoms with Crippen LogP contribution >= 0.6 is 0 Å². The molecule has 1 aliphatic heterocycles. The predicted molar refractivity (Wildman–Crippen MR) is 93.2 cm³/mol. The van der Waals surface area contributed by atoms with Crippen molar-refractivity contribution in [3.63, 3.8) is 0 Å². The van der Waals surface area contributed by atoms with Gasteiger partial charge in [-0.15, -0.1) is 0 Å². The summed E-state index contributed by atoms with van der Waals surface area (Å²) in [6.07, 6.45) is 1.71. The van der Waals surface area contributed by atoms with E-state index in [1.165, 1.54) is 18.4 Å². The van der Waals surface area contributed by atoms with Gasteiger partial charge in [-0.2, -0.15) is 5.10 Å². The van der Waals surface area contributed by atoms with Crippen LogP contribution in [0, 0.1) is 6.92 Å². The number of anilines is 1. The van der Waals surface area contributed by atoms with Gasteiger partial charge in [0.25, 0.3) is 0 Å². The number of methoxy groups -OCH3 is 1. The number of nitrogens with zero attached hydrogens (tertiary/aromatic N) is 3. The van der Waals surface area contributed by atoms with Crippen molar-refractivity contribution in [3.8, 4) is 0 Å². The number of benzene rings is 1. The van der Waals surface area contributed by atoms with Crippen molar-refractivity contribution in [3.05, 3.63) is 47.3 Å². The summed E-state index contributed by atoms with van der Waals surface area (Å²) in [5.41, 5.74) is 3.95. The lowest BCUT2D eigenvalue weighted by Crippen LogP contribution is -2.51. The largest absolute Gasteiger partial charge is 0.464 e. The number of hydrogen-bond donors (Lipinski definition) is 1. The van der Waals surface area contributed by atoms with Crippen LogP contribution in [0.5, 0.6) is 0 Å². The van der Waals surface area contributed by atoms with Crippen LogP contribution in [0.3, 0.4) is 0 Å². The van der Waals surface area contributed by atoms with E-state index in [0.717, 1.165) is 25.2 Å². The Morgan fingerprint density at radius 1 is 1.38 bits per heavy atom. The van der Waals surface area contributed by atoms with E-state index < -0.39 is 0 Å². The number of hydrogen-bond acceptors (Lipinski definition) is 5. The average Bonchev–Trinajstić information content (AvgIpc) is 3.05. The molecule has 0 saturated carbocycles. The molecule has 0 amide bonds. The molecule has 24 heavy (non-hydrogen) atoms. The summed E-state index contributed by atoms with van der Waals surface area (Å²) in [6, 6.07) is 8.89. The summed E-state index contributed by atoms with van der Waals surface area (Å²) in [7, 11) is 1.39. The number of carbonyl (C=O) groups excluding carboxylic acids is 1. The smallest absolute Gasteiger partial charge is 0.356 e. The topological polar surface area (TPSA) is 61.5 Å². The highest BCUT2D eigenvalue weighted by molar-refractivity contribution is 5.88. The van der Waals surface area contributed by atoms with Gasteiger partial charge in [-0.3, -0.25) is 10.00 Å². The molecule has 0 radical (unpaired) electrons. The lowest BCUT2D eigenvalue weighted by molar-refractivity contribution is 0.0590. The monoisotopic (exact) mass is 328 g/mol. The molecule has 1 saturated heterocycles. The second kappa shape index (κ2) is 7.05. The molecule has 1 N–H and O–H groups in total. The standard InChI is InChI=1S/C18H24N4O2/c1-13-6-4-5-7-16(13)22-9-8-21(14(2)11-22)12-15-10-19-20-17(15)18(23)24-3/h4-7,10,14H,8-9,11-12H2,1-3H3,(H,19,20)/t14-/m0/s1. The van der Waals surface area contributed by atoms with Crippen LogP contribution in [0.15, 0.2) is 30.5 Å². The van der Waals surface area contributed by atoms with Crippen LogP contribution in [0.25, 0.3) is 0 Å². The Morgan fingerprint density at radius 2 is 2.17 bits per heavy atom. The van der Waals surface area contributed by atoms with Gasteiger partial charge >= 0.3 is 5.97 Å². The highest BCUT2D eigenvalue weighted by Crippen LogP contribution is 2.24. The predicted octanol–water partition coefficient (Wildman–Crippen LogP) is 2.22. The highest BCUT2D eigenvalue weighted by atomic mass is 16.5. The Bertz CT molecular complexity index is 713. The summed E-state index contributed by atoms with van der Waals surface area (Å²) in [5.74, 6) is -0.367. The van der Waals surface area contributed by atoms with E-state index >= 15 is 0 Å². The van der Waals surface area contributed by atoms with Crippen molar-refractivity contribution in [2.45, 2.75) is 26.4 Å². The number of esters is 1. The summed E-state index contributed by atoms with van der Waals surface area (Å²) >= 11 is 0. The van der Waals surface area contributed by atoms with Crippen LogP contribution in [-0.2, 0) is 11.3 Å². The summed E-state index contributed by atoms with van der Waals surface area (Å²) in [6.45, 7) is 7.96. The van der Waals surface area contributed by atoms with Crippen molar-refractivity contribution in [2.24, 2.45) is 0 Å². The molecule has 1 fully saturated rings. The maximum atomic E-state index is 11.8. The fraction of sp³-hybridized carbons (Fsp3) is 0.444. The van der Waals surface area contributed by atoms with Crippen molar-refractivity contribution in [1.82, 2.24) is 15.1 Å². The maximum Gasteiger partial charge on any atom is 0.356 e. The van der Waals surface area contributed by atoms with Crippen LogP contribution < -0.4 is 4.90 Å². The first-order valence-corrected chi connectivity index (χ1v) is 8.25. The zero-order valence-electron chi connectivity index (χ0n) is 14.5. The number of aromatic amines is 1. The lowest BCUT2D eigenvalue weighted by atomic mass is 10.1. The van der Waals surface area contributed by atoms with Crippen LogP contribution in [-0.4, -0.2) is 53.9 Å². The Hall–Kier alpha value is -2.34. The fourth-order valence-corrected chi connectivity index (χ4v) is 3.30. The number of ether oxygens (including phenoxy) is 1. The van der Waals surface area contributed by atoms with Gasteiger partial charge in [0.2, 0.25) is 0 Å². The second-order valence-corrected chi connectivity index (χ2v) is 6.31. The Labute approximate surface area is 142 Å². The quantitative estimate of drug-likeness (QED) is 0.872. The summed E-state index contributed by atoms with van der Waals surface area (Å²) in [5, 5.41) is 6.73. The van der Waals surface area contributed by atoms with E-state index in [9.17, 15) is 4.79 Å². The van der Waals surface area contributed by atoms with Gasteiger partial charge in [-0.25, -0.2) is 4.79 Å². The molecule has 1 atom stereocenters. The molecule has 0 spiro atoms. The SMILES string of the molecule is COC(=O)c1[nH]ncc1CN1CCN(c2ccccc2C)C[C@@H]1C. The van der Waals surface area contributed by atoms with Crippen molar-refractivity contribution in [1.29, 1.82) is 0 Å². The third-order valence-electron chi connectivity index (χ3n) is 4.70. The normalized spacial score (nSPS) is 18.6. The average molecular weight is 328 g/mol. The van der Waals surface area contributed by atoms with E-state index in [1.54, 1.807) is 6.20 Å². The molecule has 6 nitrogen and oxygen atoms in total. The van der Waals surface area contributed by atoms with Crippen molar-refractivity contribution in [2.75, 3.05) is 31.6 Å². The first-order valence-electron chi connectivity index (χ1n) is 8.25. The number of H-pyrrole nitrogens is 1. The third-order valence-corrected chi connectivity index (χ3v) is 4.70. The van der Waals surface area contributed by atoms with E-state index in [0.29, 0.717) is 18.3 Å². The molecule has 3 rings (SSSR count). The Morgan fingerprint density at radius 3 is 2.88 bits per heavy atom. The molecule has 1 aliphatic rings. The van der Waals surface area contributed by atoms with Gasteiger partial charge in [0.15, 0.2) is 0 Å². The highest BCUT2D eigenvalue weighted by Gasteiger charge is 2.26. The zero-order chi connectivity index (χ0) is 17.1. The minimum atomic E-state index is -0.367. The van der Waals surface area contributed by atoms with Gasteiger partial charge < -0.3 is 9.64 Å². The van der Waals surface area contributed by atoms with E-state index in [1.807, 2.05) is 0 Å². The molecule has 2 aromatic rings. The second-order valence-electron chi connectivity index (χ2n) is 6.31. The molecule has 1 aromatic carbocycles. The minimum absolute atomic E-state index is 0.367. The van der Waals surface area contributed by atoms with Gasteiger partial charge in [-0.1, -0.05) is 18.2 Å². The molecular weight excluding hydrogens is 304 g/mol. The molecule has 0 aliphatic carbocycles. The van der Waals surface area contributed by atoms with E-state index in [2.05, 4.69) is 58.1 Å². The maximum absolute atomic E-state index is 11.8. The lowest BCUT2D eigenvalue weighted by Gasteiger charge is -2.41. The van der Waals surface area contributed by atoms with E-state index in [4.69, 9.17) is 4.74 Å². The van der Waals surface area contributed by atoms with Crippen molar-refractivity contribution >= 4 is 11.7 Å². The van der Waals surface area contributed by atoms with Crippen LogP contribution in [0.1, 0.15) is 28.5 Å². The minimum Gasteiger partial charge on any atom is -0.464 e. The summed E-state index contributed by atoms with van der Waals surface area (Å²) < 4.78 is 4.80. The molecule has 0 bridgehead atoms. The van der Waals surface area contributed by atoms with E-state index in [-0.39, 0.29) is 5.97 Å². The first kappa shape index (κ1) is 16.5. The molecule has 2 heterocycles. The third kappa shape index (κ3) is 3.28. The fourth-order valence-electron chi connectivity index (χ4n) is 3.30. The number of aromatic nitrogens is 2. The molecule has 1 aromatic heterocycles. The van der Waals surface area contributed by atoms with Crippen LogP contribution in [0.4, 0.5) is 5.69 Å². The molecule has 6 heteroatoms. The Balaban J connectivity index is 1.68. The van der Waals surface area contributed by atoms with Gasteiger partial charge in [0.1, 0.15) is 5.69 Å². The number of rotatable bonds is 4. The number of aryl methyl sites for hydroxylation is 1. The zero-order valence-corrected chi connectivity index (χ0v) is 14.5. The van der Waals surface area contributed by atoms with Crippen molar-refractivity contribution < 1.29 is 9.53 Å². The Kier molecular flexibility index (Phi) is 4.85. The summed E-state index contributed by atoms with van der Waals surface area (Å²) in [4.78, 5) is 16.6.